The summed E-state index contributed by atoms with van der Waals surface area (Å²) in [4.78, 5) is 18.3. The first-order valence-electron chi connectivity index (χ1n) is 7.43. The van der Waals surface area contributed by atoms with Gasteiger partial charge in [0.25, 0.3) is 5.91 Å². The molecule has 0 radical (unpaired) electrons. The molecule has 1 aliphatic rings. The summed E-state index contributed by atoms with van der Waals surface area (Å²) in [6.07, 6.45) is 2.29. The van der Waals surface area contributed by atoms with Crippen molar-refractivity contribution < 1.29 is 13.6 Å². The lowest BCUT2D eigenvalue weighted by Gasteiger charge is -2.26. The Labute approximate surface area is 133 Å². The number of aromatic nitrogens is 1. The van der Waals surface area contributed by atoms with Crippen molar-refractivity contribution in [3.8, 4) is 0 Å². The zero-order chi connectivity index (χ0) is 16.4. The van der Waals surface area contributed by atoms with Gasteiger partial charge in [-0.05, 0) is 43.3 Å². The van der Waals surface area contributed by atoms with E-state index in [1.807, 2.05) is 11.9 Å². The summed E-state index contributed by atoms with van der Waals surface area (Å²) in [7, 11) is 1.90. The van der Waals surface area contributed by atoms with Crippen LogP contribution in [0.3, 0.4) is 0 Å². The molecule has 1 amide bonds. The minimum absolute atomic E-state index is 0.181. The van der Waals surface area contributed by atoms with Crippen LogP contribution in [0.15, 0.2) is 42.6 Å². The third-order valence-corrected chi connectivity index (χ3v) is 4.15. The third-order valence-electron chi connectivity index (χ3n) is 4.15. The molecule has 1 aromatic carbocycles. The van der Waals surface area contributed by atoms with Crippen molar-refractivity contribution >= 4 is 5.91 Å². The van der Waals surface area contributed by atoms with Crippen molar-refractivity contribution in [2.45, 2.75) is 18.5 Å². The standard InChI is InChI=1S/C17H17F2N3O/c1-22-9-7-14(21-17(23)15-4-2-3-8-20-15)16(22)11-5-6-12(18)13(19)10-11/h2-6,8,10,14,16H,7,9H2,1H3,(H,21,23). The summed E-state index contributed by atoms with van der Waals surface area (Å²) in [6.45, 7) is 0.761. The van der Waals surface area contributed by atoms with Crippen LogP contribution in [0.4, 0.5) is 8.78 Å². The molecule has 2 atom stereocenters. The highest BCUT2D eigenvalue weighted by Crippen LogP contribution is 2.31. The molecule has 1 aliphatic heterocycles. The average Bonchev–Trinajstić information content (AvgIpc) is 2.91. The van der Waals surface area contributed by atoms with Gasteiger partial charge in [0.2, 0.25) is 0 Å². The molecule has 2 heterocycles. The van der Waals surface area contributed by atoms with Gasteiger partial charge in [-0.3, -0.25) is 14.7 Å². The van der Waals surface area contributed by atoms with Gasteiger partial charge in [-0.1, -0.05) is 12.1 Å². The highest BCUT2D eigenvalue weighted by atomic mass is 19.2. The first-order valence-corrected chi connectivity index (χ1v) is 7.43. The number of rotatable bonds is 3. The molecule has 1 saturated heterocycles. The van der Waals surface area contributed by atoms with Crippen LogP contribution in [0.5, 0.6) is 0 Å². The maximum atomic E-state index is 13.5. The van der Waals surface area contributed by atoms with Gasteiger partial charge >= 0.3 is 0 Å². The Morgan fingerprint density at radius 3 is 2.78 bits per heavy atom. The maximum Gasteiger partial charge on any atom is 0.270 e. The summed E-state index contributed by atoms with van der Waals surface area (Å²) < 4.78 is 26.7. The quantitative estimate of drug-likeness (QED) is 0.946. The van der Waals surface area contributed by atoms with Crippen molar-refractivity contribution in [3.63, 3.8) is 0 Å². The zero-order valence-corrected chi connectivity index (χ0v) is 12.7. The molecule has 2 aromatic rings. The van der Waals surface area contributed by atoms with Gasteiger partial charge in [-0.2, -0.15) is 0 Å². The Hall–Kier alpha value is -2.34. The predicted octanol–water partition coefficient (Wildman–Crippen LogP) is 2.54. The number of pyridine rings is 1. The summed E-state index contributed by atoms with van der Waals surface area (Å²) in [5.74, 6) is -2.01. The van der Waals surface area contributed by atoms with E-state index < -0.39 is 11.6 Å². The number of hydrogen-bond donors (Lipinski definition) is 1. The highest BCUT2D eigenvalue weighted by molar-refractivity contribution is 5.92. The lowest BCUT2D eigenvalue weighted by Crippen LogP contribution is -2.39. The summed E-state index contributed by atoms with van der Waals surface area (Å²) in [5.41, 5.74) is 0.987. The average molecular weight is 317 g/mol. The van der Waals surface area contributed by atoms with E-state index in [0.717, 1.165) is 19.0 Å². The number of benzene rings is 1. The van der Waals surface area contributed by atoms with Crippen molar-refractivity contribution in [3.05, 3.63) is 65.5 Å². The van der Waals surface area contributed by atoms with Crippen molar-refractivity contribution in [2.75, 3.05) is 13.6 Å². The molecule has 3 rings (SSSR count). The molecule has 0 bridgehead atoms. The Morgan fingerprint density at radius 1 is 1.26 bits per heavy atom. The van der Waals surface area contributed by atoms with E-state index in [2.05, 4.69) is 10.3 Å². The van der Waals surface area contributed by atoms with Crippen molar-refractivity contribution in [1.82, 2.24) is 15.2 Å². The first-order chi connectivity index (χ1) is 11.1. The van der Waals surface area contributed by atoms with E-state index in [1.165, 1.54) is 6.07 Å². The molecule has 1 N–H and O–H groups in total. The van der Waals surface area contributed by atoms with Crippen LogP contribution in [-0.4, -0.2) is 35.4 Å². The van der Waals surface area contributed by atoms with E-state index in [4.69, 9.17) is 0 Å². The lowest BCUT2D eigenvalue weighted by molar-refractivity contribution is 0.0922. The fourth-order valence-corrected chi connectivity index (χ4v) is 3.02. The summed E-state index contributed by atoms with van der Waals surface area (Å²) in [6, 6.07) is 8.62. The normalized spacial score (nSPS) is 21.3. The molecule has 6 heteroatoms. The Bertz CT molecular complexity index is 708. The molecule has 2 unspecified atom stereocenters. The van der Waals surface area contributed by atoms with Gasteiger partial charge < -0.3 is 5.32 Å². The number of carbonyl (C=O) groups excluding carboxylic acids is 1. The smallest absolute Gasteiger partial charge is 0.270 e. The number of carbonyl (C=O) groups is 1. The van der Waals surface area contributed by atoms with Crippen LogP contribution in [-0.2, 0) is 0 Å². The van der Waals surface area contributed by atoms with Gasteiger partial charge in [0.15, 0.2) is 11.6 Å². The van der Waals surface area contributed by atoms with Crippen molar-refractivity contribution in [1.29, 1.82) is 0 Å². The Balaban J connectivity index is 1.81. The van der Waals surface area contributed by atoms with E-state index in [0.29, 0.717) is 11.3 Å². The molecule has 0 aliphatic carbocycles. The molecule has 1 fully saturated rings. The molecular weight excluding hydrogens is 300 g/mol. The van der Waals surface area contributed by atoms with Gasteiger partial charge in [0.1, 0.15) is 5.69 Å². The van der Waals surface area contributed by atoms with E-state index in [-0.39, 0.29) is 18.0 Å². The van der Waals surface area contributed by atoms with Crippen LogP contribution < -0.4 is 5.32 Å². The molecule has 4 nitrogen and oxygen atoms in total. The van der Waals surface area contributed by atoms with E-state index in [1.54, 1.807) is 30.5 Å². The van der Waals surface area contributed by atoms with Crippen LogP contribution in [0, 0.1) is 11.6 Å². The zero-order valence-electron chi connectivity index (χ0n) is 12.7. The fraction of sp³-hybridized carbons (Fsp3) is 0.294. The minimum Gasteiger partial charge on any atom is -0.346 e. The monoisotopic (exact) mass is 317 g/mol. The fourth-order valence-electron chi connectivity index (χ4n) is 3.02. The number of nitrogens with one attached hydrogen (secondary N) is 1. The predicted molar refractivity (Wildman–Crippen MR) is 81.8 cm³/mol. The highest BCUT2D eigenvalue weighted by Gasteiger charge is 2.34. The molecule has 0 saturated carbocycles. The molecule has 0 spiro atoms. The van der Waals surface area contributed by atoms with Crippen LogP contribution in [0.1, 0.15) is 28.5 Å². The maximum absolute atomic E-state index is 13.5. The van der Waals surface area contributed by atoms with Crippen LogP contribution in [0.25, 0.3) is 0 Å². The molecule has 1 aromatic heterocycles. The Kier molecular flexibility index (Phi) is 4.34. The summed E-state index contributed by atoms with van der Waals surface area (Å²) in [5, 5.41) is 2.95. The number of amides is 1. The molecule has 23 heavy (non-hydrogen) atoms. The van der Waals surface area contributed by atoms with E-state index >= 15 is 0 Å². The largest absolute Gasteiger partial charge is 0.346 e. The van der Waals surface area contributed by atoms with Gasteiger partial charge in [-0.15, -0.1) is 0 Å². The molecule has 120 valence electrons. The van der Waals surface area contributed by atoms with Gasteiger partial charge in [0, 0.05) is 12.7 Å². The summed E-state index contributed by atoms with van der Waals surface area (Å²) >= 11 is 0. The number of likely N-dealkylation sites (tertiary alicyclic amines) is 1. The topological polar surface area (TPSA) is 45.2 Å². The van der Waals surface area contributed by atoms with Crippen molar-refractivity contribution in [2.24, 2.45) is 0 Å². The second-order valence-corrected chi connectivity index (χ2v) is 5.68. The third kappa shape index (κ3) is 3.22. The number of halogens is 2. The number of hydrogen-bond acceptors (Lipinski definition) is 3. The first kappa shape index (κ1) is 15.6. The second kappa shape index (κ2) is 6.42. The van der Waals surface area contributed by atoms with E-state index in [9.17, 15) is 13.6 Å². The molecular formula is C17H17F2N3O. The minimum atomic E-state index is -0.877. The number of likely N-dealkylation sites (N-methyl/N-ethyl adjacent to an activating group) is 1. The van der Waals surface area contributed by atoms with Gasteiger partial charge in [-0.25, -0.2) is 8.78 Å². The lowest BCUT2D eigenvalue weighted by atomic mass is 9.99. The number of nitrogens with zero attached hydrogens (tertiary/aromatic N) is 2. The Morgan fingerprint density at radius 2 is 2.09 bits per heavy atom. The van der Waals surface area contributed by atoms with Gasteiger partial charge in [0.05, 0.1) is 12.1 Å². The SMILES string of the molecule is CN1CCC(NC(=O)c2ccccn2)C1c1ccc(F)c(F)c1. The second-order valence-electron chi connectivity index (χ2n) is 5.68. The van der Waals surface area contributed by atoms with Crippen LogP contribution in [0.2, 0.25) is 0 Å². The van der Waals surface area contributed by atoms with Crippen LogP contribution >= 0.6 is 0 Å².